The van der Waals surface area contributed by atoms with Gasteiger partial charge in [0, 0.05) is 45.0 Å². The molecule has 0 radical (unpaired) electrons. The van der Waals surface area contributed by atoms with Gasteiger partial charge in [-0.15, -0.1) is 10.2 Å². The summed E-state index contributed by atoms with van der Waals surface area (Å²) in [6, 6.07) is 8.24. The quantitative estimate of drug-likeness (QED) is 0.457. The van der Waals surface area contributed by atoms with Crippen LogP contribution in [0.3, 0.4) is 0 Å². The number of piperazine rings is 1. The summed E-state index contributed by atoms with van der Waals surface area (Å²) in [4.78, 5) is 24.9. The third-order valence-electron chi connectivity index (χ3n) is 4.83. The van der Waals surface area contributed by atoms with Crippen molar-refractivity contribution in [2.45, 2.75) is 11.6 Å². The number of hydrogen-bond acceptors (Lipinski definition) is 8. The van der Waals surface area contributed by atoms with E-state index in [-0.39, 0.29) is 23.9 Å². The van der Waals surface area contributed by atoms with Crippen LogP contribution < -0.4 is 10.7 Å². The molecule has 30 heavy (non-hydrogen) atoms. The molecule has 1 aliphatic rings. The Morgan fingerprint density at radius 3 is 2.53 bits per heavy atom. The Hall–Kier alpha value is -3.21. The van der Waals surface area contributed by atoms with Gasteiger partial charge >= 0.3 is 0 Å². The summed E-state index contributed by atoms with van der Waals surface area (Å²) in [5.74, 6) is 7.06. The molecule has 2 aromatic heterocycles. The maximum absolute atomic E-state index is 13.8. The van der Waals surface area contributed by atoms with Crippen molar-refractivity contribution in [3.8, 4) is 0 Å². The van der Waals surface area contributed by atoms with Crippen molar-refractivity contribution in [3.63, 3.8) is 0 Å². The summed E-state index contributed by atoms with van der Waals surface area (Å²) in [6.45, 7) is 2.57. The molecule has 3 heterocycles. The minimum atomic E-state index is -0.315. The molecule has 2 N–H and O–H groups in total. The number of carbonyl (C=O) groups is 1. The number of nitrogens with two attached hydrogens (primary N) is 1. The summed E-state index contributed by atoms with van der Waals surface area (Å²) in [5.41, 5.74) is 0.490. The molecule has 1 aliphatic heterocycles. The van der Waals surface area contributed by atoms with E-state index in [0.29, 0.717) is 48.7 Å². The molecule has 1 saturated heterocycles. The van der Waals surface area contributed by atoms with Crippen molar-refractivity contribution in [2.24, 2.45) is 0 Å². The highest BCUT2D eigenvalue weighted by Gasteiger charge is 2.23. The van der Waals surface area contributed by atoms with E-state index in [4.69, 9.17) is 5.84 Å². The van der Waals surface area contributed by atoms with Crippen LogP contribution in [0.2, 0.25) is 0 Å². The van der Waals surface area contributed by atoms with Crippen LogP contribution in [0.1, 0.15) is 11.4 Å². The number of rotatable bonds is 6. The van der Waals surface area contributed by atoms with Gasteiger partial charge in [-0.2, -0.15) is 0 Å². The molecule has 4 rings (SSSR count). The lowest BCUT2D eigenvalue weighted by molar-refractivity contribution is -0.128. The number of nitrogen functional groups attached to an aromatic ring is 1. The second kappa shape index (κ2) is 9.08. The van der Waals surface area contributed by atoms with Crippen LogP contribution in [-0.2, 0) is 11.2 Å². The highest BCUT2D eigenvalue weighted by atomic mass is 32.2. The molecule has 0 bridgehead atoms. The summed E-state index contributed by atoms with van der Waals surface area (Å²) in [7, 11) is 0. The van der Waals surface area contributed by atoms with Crippen molar-refractivity contribution >= 4 is 23.6 Å². The fourth-order valence-corrected chi connectivity index (χ4v) is 3.94. The lowest BCUT2D eigenvalue weighted by Crippen LogP contribution is -2.49. The van der Waals surface area contributed by atoms with E-state index in [1.54, 1.807) is 36.7 Å². The van der Waals surface area contributed by atoms with E-state index < -0.39 is 0 Å². The van der Waals surface area contributed by atoms with E-state index >= 15 is 0 Å². The standard InChI is InChI=1S/C19H21FN8OS/c20-15-5-2-1-4-14(15)12-16-24-25-19(28(16)21)30-13-17(29)26-8-10-27(11-9-26)18-22-6-3-7-23-18/h1-7H,8-13,21H2. The Balaban J connectivity index is 1.29. The maximum atomic E-state index is 13.8. The summed E-state index contributed by atoms with van der Waals surface area (Å²) in [6.07, 6.45) is 3.65. The first-order valence-corrected chi connectivity index (χ1v) is 10.5. The summed E-state index contributed by atoms with van der Waals surface area (Å²) >= 11 is 1.22. The predicted octanol–water partition coefficient (Wildman–Crippen LogP) is 0.953. The summed E-state index contributed by atoms with van der Waals surface area (Å²) in [5, 5.41) is 8.51. The topological polar surface area (TPSA) is 106 Å². The maximum Gasteiger partial charge on any atom is 0.233 e. The number of halogens is 1. The Bertz CT molecular complexity index is 1010. The molecule has 9 nitrogen and oxygen atoms in total. The molecule has 156 valence electrons. The Morgan fingerprint density at radius 2 is 1.80 bits per heavy atom. The van der Waals surface area contributed by atoms with Gasteiger partial charge in [0.1, 0.15) is 5.82 Å². The van der Waals surface area contributed by atoms with Crippen LogP contribution in [0.5, 0.6) is 0 Å². The second-order valence-electron chi connectivity index (χ2n) is 6.74. The van der Waals surface area contributed by atoms with Crippen LogP contribution in [-0.4, -0.2) is 67.6 Å². The lowest BCUT2D eigenvalue weighted by atomic mass is 10.1. The van der Waals surface area contributed by atoms with Crippen LogP contribution in [0.4, 0.5) is 10.3 Å². The van der Waals surface area contributed by atoms with E-state index in [0.717, 1.165) is 0 Å². The normalized spacial score (nSPS) is 14.2. The van der Waals surface area contributed by atoms with Crippen LogP contribution in [0.25, 0.3) is 0 Å². The van der Waals surface area contributed by atoms with Gasteiger partial charge in [-0.05, 0) is 17.7 Å². The zero-order valence-electron chi connectivity index (χ0n) is 16.2. The molecular formula is C19H21FN8OS. The molecule has 1 aromatic carbocycles. The minimum absolute atomic E-state index is 0.00674. The SMILES string of the molecule is Nn1c(Cc2ccccc2F)nnc1SCC(=O)N1CCN(c2ncccn2)CC1. The lowest BCUT2D eigenvalue weighted by Gasteiger charge is -2.34. The Morgan fingerprint density at radius 1 is 1.07 bits per heavy atom. The molecule has 0 atom stereocenters. The van der Waals surface area contributed by atoms with Crippen LogP contribution in [0, 0.1) is 5.82 Å². The first-order chi connectivity index (χ1) is 14.6. The van der Waals surface area contributed by atoms with Gasteiger partial charge in [-0.1, -0.05) is 30.0 Å². The third-order valence-corrected chi connectivity index (χ3v) is 5.76. The molecule has 1 fully saturated rings. The zero-order chi connectivity index (χ0) is 20.9. The van der Waals surface area contributed by atoms with Gasteiger partial charge in [0.25, 0.3) is 0 Å². The Kier molecular flexibility index (Phi) is 6.07. The van der Waals surface area contributed by atoms with Gasteiger partial charge in [0.05, 0.1) is 5.75 Å². The third kappa shape index (κ3) is 4.51. The van der Waals surface area contributed by atoms with Crippen molar-refractivity contribution in [1.29, 1.82) is 0 Å². The molecule has 0 aliphatic carbocycles. The van der Waals surface area contributed by atoms with Gasteiger partial charge in [0.15, 0.2) is 5.82 Å². The molecule has 0 unspecified atom stereocenters. The minimum Gasteiger partial charge on any atom is -0.338 e. The Labute approximate surface area is 177 Å². The molecule has 3 aromatic rings. The second-order valence-corrected chi connectivity index (χ2v) is 7.68. The number of aromatic nitrogens is 5. The molecule has 11 heteroatoms. The van der Waals surface area contributed by atoms with Crippen molar-refractivity contribution in [2.75, 3.05) is 42.7 Å². The number of benzene rings is 1. The largest absolute Gasteiger partial charge is 0.338 e. The fourth-order valence-electron chi connectivity index (χ4n) is 3.17. The van der Waals surface area contributed by atoms with Crippen molar-refractivity contribution in [1.82, 2.24) is 29.7 Å². The van der Waals surface area contributed by atoms with E-state index in [2.05, 4.69) is 25.1 Å². The molecule has 1 amide bonds. The van der Waals surface area contributed by atoms with Crippen molar-refractivity contribution < 1.29 is 9.18 Å². The highest BCUT2D eigenvalue weighted by molar-refractivity contribution is 7.99. The molecule has 0 saturated carbocycles. The van der Waals surface area contributed by atoms with Gasteiger partial charge < -0.3 is 15.6 Å². The predicted molar refractivity (Wildman–Crippen MR) is 111 cm³/mol. The molecule has 0 spiro atoms. The zero-order valence-corrected chi connectivity index (χ0v) is 17.0. The number of nitrogens with zero attached hydrogens (tertiary/aromatic N) is 7. The fraction of sp³-hybridized carbons (Fsp3) is 0.316. The van der Waals surface area contributed by atoms with Crippen LogP contribution >= 0.6 is 11.8 Å². The average Bonchev–Trinajstić information content (AvgIpc) is 3.13. The van der Waals surface area contributed by atoms with Crippen LogP contribution in [0.15, 0.2) is 47.9 Å². The van der Waals surface area contributed by atoms with Gasteiger partial charge in [-0.25, -0.2) is 19.0 Å². The molecular weight excluding hydrogens is 407 g/mol. The highest BCUT2D eigenvalue weighted by Crippen LogP contribution is 2.19. The average molecular weight is 428 g/mol. The van der Waals surface area contributed by atoms with E-state index in [9.17, 15) is 9.18 Å². The number of carbonyl (C=O) groups excluding carboxylic acids is 1. The smallest absolute Gasteiger partial charge is 0.233 e. The number of thioether (sulfide) groups is 1. The first kappa shape index (κ1) is 20.1. The number of anilines is 1. The van der Waals surface area contributed by atoms with Gasteiger partial charge in [0.2, 0.25) is 17.0 Å². The number of amides is 1. The number of hydrogen-bond donors (Lipinski definition) is 1. The first-order valence-electron chi connectivity index (χ1n) is 9.47. The van der Waals surface area contributed by atoms with Gasteiger partial charge in [-0.3, -0.25) is 4.79 Å². The van der Waals surface area contributed by atoms with E-state index in [1.807, 2.05) is 4.90 Å². The summed E-state index contributed by atoms with van der Waals surface area (Å²) < 4.78 is 15.2. The van der Waals surface area contributed by atoms with E-state index in [1.165, 1.54) is 22.5 Å². The monoisotopic (exact) mass is 428 g/mol. The van der Waals surface area contributed by atoms with Crippen molar-refractivity contribution in [3.05, 3.63) is 59.9 Å².